The van der Waals surface area contributed by atoms with Gasteiger partial charge < -0.3 is 9.84 Å². The van der Waals surface area contributed by atoms with Crippen molar-refractivity contribution in [1.82, 2.24) is 4.90 Å². The van der Waals surface area contributed by atoms with E-state index in [9.17, 15) is 4.79 Å². The van der Waals surface area contributed by atoms with Crippen LogP contribution in [0.1, 0.15) is 6.92 Å². The number of hydrogen-bond donors (Lipinski definition) is 1. The van der Waals surface area contributed by atoms with Crippen molar-refractivity contribution in [2.45, 2.75) is 13.0 Å². The summed E-state index contributed by atoms with van der Waals surface area (Å²) in [6.07, 6.45) is -0.688. The standard InChI is InChI=1S/C9H13NO3/c1-2-3-4-10-5-6-13-8(7-10)9(11)12/h8H,4-7H2,1H3,(H,11,12). The van der Waals surface area contributed by atoms with Gasteiger partial charge in [0.05, 0.1) is 13.2 Å². The van der Waals surface area contributed by atoms with Gasteiger partial charge in [0.2, 0.25) is 0 Å². The van der Waals surface area contributed by atoms with Crippen LogP contribution >= 0.6 is 0 Å². The molecule has 1 heterocycles. The average Bonchev–Trinajstić information content (AvgIpc) is 2.15. The predicted molar refractivity (Wildman–Crippen MR) is 47.3 cm³/mol. The first-order valence-corrected chi connectivity index (χ1v) is 4.20. The minimum atomic E-state index is -0.894. The summed E-state index contributed by atoms with van der Waals surface area (Å²) >= 11 is 0. The number of morpholine rings is 1. The Bertz CT molecular complexity index is 241. The van der Waals surface area contributed by atoms with Crippen LogP contribution in [0, 0.1) is 11.8 Å². The lowest BCUT2D eigenvalue weighted by atomic mass is 10.3. The summed E-state index contributed by atoms with van der Waals surface area (Å²) in [7, 11) is 0. The normalized spacial score (nSPS) is 23.3. The Morgan fingerprint density at radius 2 is 2.54 bits per heavy atom. The first-order chi connectivity index (χ1) is 6.24. The fourth-order valence-corrected chi connectivity index (χ4v) is 1.19. The van der Waals surface area contributed by atoms with Crippen molar-refractivity contribution in [3.8, 4) is 11.8 Å². The topological polar surface area (TPSA) is 49.8 Å². The third-order valence-electron chi connectivity index (χ3n) is 1.91. The van der Waals surface area contributed by atoms with Crippen LogP contribution in [0.4, 0.5) is 0 Å². The lowest BCUT2D eigenvalue weighted by Crippen LogP contribution is -2.46. The van der Waals surface area contributed by atoms with Gasteiger partial charge in [0.15, 0.2) is 6.10 Å². The molecule has 0 amide bonds. The van der Waals surface area contributed by atoms with Crippen molar-refractivity contribution in [3.63, 3.8) is 0 Å². The molecule has 72 valence electrons. The Kier molecular flexibility index (Phi) is 3.74. The molecule has 0 aromatic carbocycles. The van der Waals surface area contributed by atoms with Gasteiger partial charge in [-0.05, 0) is 6.92 Å². The molecule has 1 unspecified atom stereocenters. The third-order valence-corrected chi connectivity index (χ3v) is 1.91. The molecule has 4 nitrogen and oxygen atoms in total. The molecule has 0 saturated carbocycles. The van der Waals surface area contributed by atoms with Gasteiger partial charge in [-0.3, -0.25) is 4.90 Å². The highest BCUT2D eigenvalue weighted by Crippen LogP contribution is 2.04. The number of carboxylic acids is 1. The van der Waals surface area contributed by atoms with Crippen LogP contribution in [-0.2, 0) is 9.53 Å². The molecule has 0 bridgehead atoms. The van der Waals surface area contributed by atoms with Crippen LogP contribution in [-0.4, -0.2) is 48.3 Å². The van der Waals surface area contributed by atoms with E-state index in [0.29, 0.717) is 19.7 Å². The summed E-state index contributed by atoms with van der Waals surface area (Å²) in [6.45, 7) is 4.07. The SMILES string of the molecule is CC#CCN1CCOC(C(=O)O)C1. The van der Waals surface area contributed by atoms with E-state index >= 15 is 0 Å². The molecule has 0 aromatic rings. The summed E-state index contributed by atoms with van der Waals surface area (Å²) in [5.41, 5.74) is 0. The highest BCUT2D eigenvalue weighted by Gasteiger charge is 2.25. The number of carboxylic acid groups (broad SMARTS) is 1. The summed E-state index contributed by atoms with van der Waals surface area (Å²) in [5, 5.41) is 8.69. The molecule has 1 saturated heterocycles. The first kappa shape index (κ1) is 10.0. The largest absolute Gasteiger partial charge is 0.479 e. The summed E-state index contributed by atoms with van der Waals surface area (Å²) in [5.74, 6) is 4.79. The Hall–Kier alpha value is -1.05. The molecule has 1 aliphatic rings. The predicted octanol–water partition coefficient (Wildman–Crippen LogP) is -0.205. The van der Waals surface area contributed by atoms with Gasteiger partial charge in [-0.1, -0.05) is 5.92 Å². The highest BCUT2D eigenvalue weighted by molar-refractivity contribution is 5.72. The van der Waals surface area contributed by atoms with Gasteiger partial charge in [0, 0.05) is 13.1 Å². The van der Waals surface area contributed by atoms with Gasteiger partial charge in [-0.25, -0.2) is 4.79 Å². The molecular weight excluding hydrogens is 170 g/mol. The van der Waals surface area contributed by atoms with Crippen molar-refractivity contribution in [3.05, 3.63) is 0 Å². The smallest absolute Gasteiger partial charge is 0.334 e. The molecule has 1 atom stereocenters. The maximum absolute atomic E-state index is 10.6. The summed E-state index contributed by atoms with van der Waals surface area (Å²) in [4.78, 5) is 12.6. The van der Waals surface area contributed by atoms with Crippen molar-refractivity contribution in [1.29, 1.82) is 0 Å². The maximum atomic E-state index is 10.6. The summed E-state index contributed by atoms with van der Waals surface area (Å²) in [6, 6.07) is 0. The molecule has 0 spiro atoms. The zero-order valence-corrected chi connectivity index (χ0v) is 7.62. The van der Waals surface area contributed by atoms with Gasteiger partial charge in [0.1, 0.15) is 0 Å². The Balaban J connectivity index is 2.40. The molecule has 1 fully saturated rings. The fourth-order valence-electron chi connectivity index (χ4n) is 1.19. The number of carbonyl (C=O) groups is 1. The fraction of sp³-hybridized carbons (Fsp3) is 0.667. The Labute approximate surface area is 77.5 Å². The molecule has 13 heavy (non-hydrogen) atoms. The van der Waals surface area contributed by atoms with Crippen molar-refractivity contribution in [2.24, 2.45) is 0 Å². The summed E-state index contributed by atoms with van der Waals surface area (Å²) < 4.78 is 5.06. The van der Waals surface area contributed by atoms with E-state index < -0.39 is 12.1 Å². The average molecular weight is 183 g/mol. The van der Waals surface area contributed by atoms with Gasteiger partial charge in [0.25, 0.3) is 0 Å². The lowest BCUT2D eigenvalue weighted by Gasteiger charge is -2.29. The third kappa shape index (κ3) is 3.05. The number of aliphatic carboxylic acids is 1. The van der Waals surface area contributed by atoms with Crippen LogP contribution < -0.4 is 0 Å². The van der Waals surface area contributed by atoms with Crippen molar-refractivity contribution < 1.29 is 14.6 Å². The van der Waals surface area contributed by atoms with E-state index in [0.717, 1.165) is 6.54 Å². The number of rotatable bonds is 2. The van der Waals surface area contributed by atoms with E-state index in [2.05, 4.69) is 11.8 Å². The van der Waals surface area contributed by atoms with Crippen molar-refractivity contribution in [2.75, 3.05) is 26.2 Å². The van der Waals surface area contributed by atoms with E-state index in [-0.39, 0.29) is 0 Å². The van der Waals surface area contributed by atoms with Crippen LogP contribution in [0.5, 0.6) is 0 Å². The molecule has 1 N–H and O–H groups in total. The maximum Gasteiger partial charge on any atom is 0.334 e. The molecule has 1 aliphatic heterocycles. The molecular formula is C9H13NO3. The monoisotopic (exact) mass is 183 g/mol. The van der Waals surface area contributed by atoms with Crippen LogP contribution in [0.15, 0.2) is 0 Å². The van der Waals surface area contributed by atoms with Gasteiger partial charge >= 0.3 is 5.97 Å². The Morgan fingerprint density at radius 3 is 3.15 bits per heavy atom. The van der Waals surface area contributed by atoms with E-state index in [1.54, 1.807) is 6.92 Å². The molecule has 0 radical (unpaired) electrons. The zero-order valence-electron chi connectivity index (χ0n) is 7.62. The van der Waals surface area contributed by atoms with E-state index in [4.69, 9.17) is 9.84 Å². The van der Waals surface area contributed by atoms with Gasteiger partial charge in [-0.15, -0.1) is 5.92 Å². The van der Waals surface area contributed by atoms with Crippen LogP contribution in [0.3, 0.4) is 0 Å². The Morgan fingerprint density at radius 1 is 1.77 bits per heavy atom. The minimum Gasteiger partial charge on any atom is -0.479 e. The first-order valence-electron chi connectivity index (χ1n) is 4.20. The lowest BCUT2D eigenvalue weighted by molar-refractivity contribution is -0.155. The van der Waals surface area contributed by atoms with Crippen molar-refractivity contribution >= 4 is 5.97 Å². The van der Waals surface area contributed by atoms with Crippen LogP contribution in [0.2, 0.25) is 0 Å². The van der Waals surface area contributed by atoms with E-state index in [1.807, 2.05) is 4.90 Å². The second-order valence-corrected chi connectivity index (χ2v) is 2.86. The highest BCUT2D eigenvalue weighted by atomic mass is 16.5. The molecule has 0 aromatic heterocycles. The molecule has 0 aliphatic carbocycles. The quantitative estimate of drug-likeness (QED) is 0.602. The number of hydrogen-bond acceptors (Lipinski definition) is 3. The van der Waals surface area contributed by atoms with Crippen LogP contribution in [0.25, 0.3) is 0 Å². The molecule has 4 heteroatoms. The second kappa shape index (κ2) is 4.85. The zero-order chi connectivity index (χ0) is 9.68. The molecule has 1 rings (SSSR count). The second-order valence-electron chi connectivity index (χ2n) is 2.86. The minimum absolute atomic E-state index is 0.435. The number of nitrogens with zero attached hydrogens (tertiary/aromatic N) is 1. The van der Waals surface area contributed by atoms with Gasteiger partial charge in [-0.2, -0.15) is 0 Å². The number of ether oxygens (including phenoxy) is 1. The van der Waals surface area contributed by atoms with E-state index in [1.165, 1.54) is 0 Å².